The molecule has 1 aliphatic rings. The highest BCUT2D eigenvalue weighted by atomic mass is 32.2. The van der Waals surface area contributed by atoms with Crippen LogP contribution in [0.3, 0.4) is 0 Å². The molecule has 7 nitrogen and oxygen atoms in total. The van der Waals surface area contributed by atoms with Crippen LogP contribution in [0.1, 0.15) is 19.8 Å². The van der Waals surface area contributed by atoms with Gasteiger partial charge in [0.1, 0.15) is 4.90 Å². The van der Waals surface area contributed by atoms with Crippen molar-refractivity contribution in [3.8, 4) is 11.5 Å². The summed E-state index contributed by atoms with van der Waals surface area (Å²) in [6.45, 7) is 4.01. The largest absolute Gasteiger partial charge is 0.493 e. The van der Waals surface area contributed by atoms with Crippen LogP contribution in [0, 0.1) is 5.92 Å². The fourth-order valence-corrected chi connectivity index (χ4v) is 4.64. The van der Waals surface area contributed by atoms with Gasteiger partial charge >= 0.3 is 0 Å². The topological polar surface area (TPSA) is 73.7 Å². The lowest BCUT2D eigenvalue weighted by atomic mass is 10.0. The van der Waals surface area contributed by atoms with Crippen molar-refractivity contribution in [1.29, 1.82) is 0 Å². The molecule has 3 rings (SSSR count). The van der Waals surface area contributed by atoms with Gasteiger partial charge in [-0.05, 0) is 31.9 Å². The van der Waals surface area contributed by atoms with Gasteiger partial charge in [0.05, 0.1) is 19.9 Å². The van der Waals surface area contributed by atoms with Gasteiger partial charge in [-0.3, -0.25) is 4.68 Å². The van der Waals surface area contributed by atoms with E-state index in [4.69, 9.17) is 9.47 Å². The van der Waals surface area contributed by atoms with E-state index in [0.29, 0.717) is 37.7 Å². The third-order valence-corrected chi connectivity index (χ3v) is 6.41. The number of para-hydroxylation sites is 2. The van der Waals surface area contributed by atoms with Gasteiger partial charge in [-0.25, -0.2) is 8.42 Å². The van der Waals surface area contributed by atoms with E-state index in [1.165, 1.54) is 6.20 Å². The number of methoxy groups -OCH3 is 1. The molecule has 26 heavy (non-hydrogen) atoms. The number of aromatic nitrogens is 2. The number of piperidine rings is 1. The van der Waals surface area contributed by atoms with E-state index in [1.54, 1.807) is 22.3 Å². The van der Waals surface area contributed by atoms with Gasteiger partial charge in [0.15, 0.2) is 11.5 Å². The summed E-state index contributed by atoms with van der Waals surface area (Å²) in [6.07, 6.45) is 4.77. The molecule has 0 amide bonds. The van der Waals surface area contributed by atoms with Crippen LogP contribution in [0.2, 0.25) is 0 Å². The standard InChI is InChI=1S/C18H25N3O4S/c1-3-20-13-16(11-19-20)26(22,23)21-10-6-7-15(12-21)14-25-18-9-5-4-8-17(18)24-2/h4-5,8-9,11,13,15H,3,6-7,10,12,14H2,1-2H3/t15-/m0/s1. The molecule has 0 saturated carbocycles. The van der Waals surface area contributed by atoms with Gasteiger partial charge in [0.25, 0.3) is 0 Å². The average molecular weight is 379 g/mol. The molecule has 1 saturated heterocycles. The molecule has 8 heteroatoms. The normalized spacial score (nSPS) is 18.6. The molecule has 0 spiro atoms. The maximum Gasteiger partial charge on any atom is 0.246 e. The first-order valence-electron chi connectivity index (χ1n) is 8.83. The number of rotatable bonds is 7. The second-order valence-corrected chi connectivity index (χ2v) is 8.30. The van der Waals surface area contributed by atoms with E-state index in [0.717, 1.165) is 12.8 Å². The van der Waals surface area contributed by atoms with Crippen LogP contribution in [0.25, 0.3) is 0 Å². The maximum atomic E-state index is 12.8. The lowest BCUT2D eigenvalue weighted by molar-refractivity contribution is 0.176. The Bertz CT molecular complexity index is 834. The number of benzene rings is 1. The van der Waals surface area contributed by atoms with E-state index in [2.05, 4.69) is 5.10 Å². The summed E-state index contributed by atoms with van der Waals surface area (Å²) in [5.41, 5.74) is 0. The summed E-state index contributed by atoms with van der Waals surface area (Å²) >= 11 is 0. The van der Waals surface area contributed by atoms with Crippen molar-refractivity contribution >= 4 is 10.0 Å². The van der Waals surface area contributed by atoms with E-state index in [1.807, 2.05) is 31.2 Å². The fraction of sp³-hybridized carbons (Fsp3) is 0.500. The monoisotopic (exact) mass is 379 g/mol. The number of nitrogens with zero attached hydrogens (tertiary/aromatic N) is 3. The highest BCUT2D eigenvalue weighted by Gasteiger charge is 2.31. The summed E-state index contributed by atoms with van der Waals surface area (Å²) in [4.78, 5) is 0.255. The summed E-state index contributed by atoms with van der Waals surface area (Å²) in [5.74, 6) is 1.50. The molecule has 142 valence electrons. The quantitative estimate of drug-likeness (QED) is 0.738. The molecular weight excluding hydrogens is 354 g/mol. The Morgan fingerprint density at radius 2 is 2.04 bits per heavy atom. The van der Waals surface area contributed by atoms with Crippen LogP contribution in [-0.2, 0) is 16.6 Å². The minimum Gasteiger partial charge on any atom is -0.493 e. The zero-order chi connectivity index (χ0) is 18.6. The Hall–Kier alpha value is -2.06. The van der Waals surface area contributed by atoms with Crippen LogP contribution >= 0.6 is 0 Å². The third kappa shape index (κ3) is 4.02. The Labute approximate surface area is 154 Å². The van der Waals surface area contributed by atoms with Crippen LogP contribution < -0.4 is 9.47 Å². The molecule has 0 radical (unpaired) electrons. The number of hydrogen-bond donors (Lipinski definition) is 0. The number of sulfonamides is 1. The summed E-state index contributed by atoms with van der Waals surface area (Å²) in [5, 5.41) is 4.08. The van der Waals surface area contributed by atoms with E-state index < -0.39 is 10.0 Å². The third-order valence-electron chi connectivity index (χ3n) is 4.60. The molecule has 0 aliphatic carbocycles. The van der Waals surface area contributed by atoms with Crippen molar-refractivity contribution in [2.45, 2.75) is 31.2 Å². The molecule has 0 bridgehead atoms. The number of ether oxygens (including phenoxy) is 2. The molecule has 0 N–H and O–H groups in total. The van der Waals surface area contributed by atoms with Crippen molar-refractivity contribution in [2.75, 3.05) is 26.8 Å². The van der Waals surface area contributed by atoms with E-state index >= 15 is 0 Å². The van der Waals surface area contributed by atoms with E-state index in [-0.39, 0.29) is 10.8 Å². The molecule has 1 aliphatic heterocycles. The average Bonchev–Trinajstić information content (AvgIpc) is 3.17. The number of aryl methyl sites for hydroxylation is 1. The Morgan fingerprint density at radius 3 is 2.73 bits per heavy atom. The second kappa shape index (κ2) is 8.09. The smallest absolute Gasteiger partial charge is 0.246 e. The Morgan fingerprint density at radius 1 is 1.27 bits per heavy atom. The van der Waals surface area contributed by atoms with Crippen molar-refractivity contribution in [2.24, 2.45) is 5.92 Å². The van der Waals surface area contributed by atoms with Crippen molar-refractivity contribution < 1.29 is 17.9 Å². The highest BCUT2D eigenvalue weighted by Crippen LogP contribution is 2.28. The fourth-order valence-electron chi connectivity index (χ4n) is 3.13. The minimum atomic E-state index is -3.51. The van der Waals surface area contributed by atoms with Gasteiger partial charge in [-0.15, -0.1) is 0 Å². The summed E-state index contributed by atoms with van der Waals surface area (Å²) in [6, 6.07) is 7.48. The molecule has 1 atom stereocenters. The van der Waals surface area contributed by atoms with Crippen molar-refractivity contribution in [3.63, 3.8) is 0 Å². The molecule has 2 aromatic rings. The van der Waals surface area contributed by atoms with Crippen LogP contribution in [0.5, 0.6) is 11.5 Å². The zero-order valence-corrected chi connectivity index (χ0v) is 16.0. The first-order chi connectivity index (χ1) is 12.5. The van der Waals surface area contributed by atoms with Gasteiger partial charge in [0, 0.05) is 31.7 Å². The SMILES string of the molecule is CCn1cc(S(=O)(=O)N2CCC[C@H](COc3ccccc3OC)C2)cn1. The maximum absolute atomic E-state index is 12.8. The van der Waals surface area contributed by atoms with Gasteiger partial charge in [-0.2, -0.15) is 9.40 Å². The molecule has 1 aromatic heterocycles. The predicted molar refractivity (Wildman–Crippen MR) is 97.9 cm³/mol. The Balaban J connectivity index is 1.65. The van der Waals surface area contributed by atoms with Gasteiger partial charge in [0.2, 0.25) is 10.0 Å². The van der Waals surface area contributed by atoms with E-state index in [9.17, 15) is 8.42 Å². The number of hydrogen-bond acceptors (Lipinski definition) is 5. The Kier molecular flexibility index (Phi) is 5.83. The first kappa shape index (κ1) is 18.7. The summed E-state index contributed by atoms with van der Waals surface area (Å²) < 4.78 is 40.1. The van der Waals surface area contributed by atoms with Gasteiger partial charge < -0.3 is 9.47 Å². The van der Waals surface area contributed by atoms with Crippen LogP contribution in [0.15, 0.2) is 41.6 Å². The lowest BCUT2D eigenvalue weighted by Gasteiger charge is -2.31. The van der Waals surface area contributed by atoms with Crippen molar-refractivity contribution in [3.05, 3.63) is 36.7 Å². The van der Waals surface area contributed by atoms with Crippen LogP contribution in [-0.4, -0.2) is 49.3 Å². The lowest BCUT2D eigenvalue weighted by Crippen LogP contribution is -2.41. The molecular formula is C18H25N3O4S. The van der Waals surface area contributed by atoms with Gasteiger partial charge in [-0.1, -0.05) is 12.1 Å². The van der Waals surface area contributed by atoms with Crippen molar-refractivity contribution in [1.82, 2.24) is 14.1 Å². The highest BCUT2D eigenvalue weighted by molar-refractivity contribution is 7.89. The van der Waals surface area contributed by atoms with Crippen LogP contribution in [0.4, 0.5) is 0 Å². The first-order valence-corrected chi connectivity index (χ1v) is 10.3. The zero-order valence-electron chi connectivity index (χ0n) is 15.2. The molecule has 0 unspecified atom stereocenters. The molecule has 1 aromatic carbocycles. The molecule has 2 heterocycles. The summed E-state index contributed by atoms with van der Waals surface area (Å²) in [7, 11) is -1.91. The predicted octanol–water partition coefficient (Wildman–Crippen LogP) is 2.39. The second-order valence-electron chi connectivity index (χ2n) is 6.36. The molecule has 1 fully saturated rings. The minimum absolute atomic E-state index is 0.143.